The monoisotopic (exact) mass is 342 g/mol. The highest BCUT2D eigenvalue weighted by molar-refractivity contribution is 5.99. The Morgan fingerprint density at radius 2 is 2.36 bits per heavy atom. The quantitative estimate of drug-likeness (QED) is 0.729. The Bertz CT molecular complexity index is 890. The molecule has 0 spiro atoms. The number of H-pyrrole nitrogens is 1. The number of furan rings is 1. The third-order valence-electron chi connectivity index (χ3n) is 4.30. The molecule has 0 unspecified atom stereocenters. The van der Waals surface area contributed by atoms with E-state index in [1.807, 2.05) is 4.57 Å². The molecule has 25 heavy (non-hydrogen) atoms. The molecule has 0 aromatic carbocycles. The lowest BCUT2D eigenvalue weighted by atomic mass is 10.1. The van der Waals surface area contributed by atoms with Crippen molar-refractivity contribution < 1.29 is 13.9 Å². The van der Waals surface area contributed by atoms with Gasteiger partial charge >= 0.3 is 0 Å². The lowest BCUT2D eigenvalue weighted by molar-refractivity contribution is 0.0933. The van der Waals surface area contributed by atoms with Gasteiger partial charge in [0.05, 0.1) is 30.0 Å². The Morgan fingerprint density at radius 1 is 1.44 bits per heavy atom. The van der Waals surface area contributed by atoms with Crippen molar-refractivity contribution >= 4 is 5.91 Å². The normalized spacial score (nSPS) is 17.2. The molecule has 3 aliphatic rings. The molecule has 8 heteroatoms. The fourth-order valence-electron chi connectivity index (χ4n) is 3.06. The van der Waals surface area contributed by atoms with E-state index in [-0.39, 0.29) is 24.1 Å². The van der Waals surface area contributed by atoms with E-state index in [1.54, 1.807) is 30.8 Å². The van der Waals surface area contributed by atoms with Crippen molar-refractivity contribution in [1.29, 1.82) is 0 Å². The molecule has 1 aromatic rings. The molecule has 4 heterocycles. The summed E-state index contributed by atoms with van der Waals surface area (Å²) in [5.74, 6) is 0.342. The molecule has 0 bridgehead atoms. The second-order valence-corrected chi connectivity index (χ2v) is 6.08. The number of hydrogen-bond donors (Lipinski definition) is 2. The summed E-state index contributed by atoms with van der Waals surface area (Å²) in [4.78, 5) is 24.6. The minimum absolute atomic E-state index is 0.100. The highest BCUT2D eigenvalue weighted by Gasteiger charge is 2.23. The highest BCUT2D eigenvalue weighted by atomic mass is 16.5. The Hall–Kier alpha value is -2.87. The van der Waals surface area contributed by atoms with E-state index in [2.05, 4.69) is 15.5 Å². The van der Waals surface area contributed by atoms with Crippen LogP contribution in [0.25, 0.3) is 11.3 Å². The van der Waals surface area contributed by atoms with E-state index in [9.17, 15) is 9.59 Å². The number of pyridine rings is 1. The van der Waals surface area contributed by atoms with Gasteiger partial charge in [0.2, 0.25) is 0 Å². The molecule has 1 fully saturated rings. The van der Waals surface area contributed by atoms with Crippen molar-refractivity contribution in [3.8, 4) is 11.3 Å². The van der Waals surface area contributed by atoms with Gasteiger partial charge in [-0.05, 0) is 25.0 Å². The van der Waals surface area contributed by atoms with Crippen LogP contribution >= 0.6 is 0 Å². The Labute approximate surface area is 143 Å². The predicted octanol–water partition coefficient (Wildman–Crippen LogP) is 1.38. The third kappa shape index (κ3) is 3.20. The van der Waals surface area contributed by atoms with Crippen LogP contribution in [-0.4, -0.2) is 33.4 Å². The maximum absolute atomic E-state index is 12.6. The Morgan fingerprint density at radius 3 is 3.12 bits per heavy atom. The maximum atomic E-state index is 12.6. The molecule has 3 aliphatic heterocycles. The first-order valence-electron chi connectivity index (χ1n) is 8.21. The van der Waals surface area contributed by atoms with Crippen LogP contribution in [0.2, 0.25) is 0 Å². The van der Waals surface area contributed by atoms with Crippen LogP contribution in [0.1, 0.15) is 29.0 Å². The number of nitrogens with one attached hydrogen (secondary N) is 2. The maximum Gasteiger partial charge on any atom is 0.275 e. The number of aromatic amines is 1. The Balaban J connectivity index is 1.61. The van der Waals surface area contributed by atoms with Crippen LogP contribution in [0.5, 0.6) is 0 Å². The van der Waals surface area contributed by atoms with E-state index in [0.717, 1.165) is 19.4 Å². The van der Waals surface area contributed by atoms with Crippen LogP contribution in [0.15, 0.2) is 40.0 Å². The van der Waals surface area contributed by atoms with Gasteiger partial charge in [-0.3, -0.25) is 9.59 Å². The summed E-state index contributed by atoms with van der Waals surface area (Å²) in [6.45, 7) is 1.62. The number of amides is 1. The molecular formula is C17H18N4O4. The smallest absolute Gasteiger partial charge is 0.275 e. The predicted molar refractivity (Wildman–Crippen MR) is 88.3 cm³/mol. The number of aromatic nitrogens is 3. The zero-order valence-corrected chi connectivity index (χ0v) is 13.5. The van der Waals surface area contributed by atoms with Gasteiger partial charge in [0.1, 0.15) is 11.5 Å². The second kappa shape index (κ2) is 6.56. The fraction of sp³-hybridized carbons (Fsp3) is 0.353. The van der Waals surface area contributed by atoms with Gasteiger partial charge in [0, 0.05) is 25.5 Å². The molecule has 2 N–H and O–H groups in total. The zero-order valence-electron chi connectivity index (χ0n) is 13.5. The molecule has 1 atom stereocenters. The molecule has 130 valence electrons. The summed E-state index contributed by atoms with van der Waals surface area (Å²) >= 11 is 0. The lowest BCUT2D eigenvalue weighted by Crippen LogP contribution is -2.25. The van der Waals surface area contributed by atoms with Crippen LogP contribution in [0.4, 0.5) is 0 Å². The number of ether oxygens (including phenoxy) is 1. The van der Waals surface area contributed by atoms with E-state index in [4.69, 9.17) is 9.15 Å². The van der Waals surface area contributed by atoms with E-state index >= 15 is 0 Å². The van der Waals surface area contributed by atoms with Gasteiger partial charge in [-0.2, -0.15) is 5.10 Å². The Kier molecular flexibility index (Phi) is 4.10. The number of carbonyl (C=O) groups is 1. The molecule has 1 aromatic heterocycles. The van der Waals surface area contributed by atoms with Gasteiger partial charge in [0.15, 0.2) is 0 Å². The van der Waals surface area contributed by atoms with Crippen molar-refractivity contribution in [2.24, 2.45) is 0 Å². The van der Waals surface area contributed by atoms with Crippen LogP contribution in [0.3, 0.4) is 0 Å². The van der Waals surface area contributed by atoms with Crippen molar-refractivity contribution in [1.82, 2.24) is 20.1 Å². The molecule has 1 saturated heterocycles. The van der Waals surface area contributed by atoms with Crippen LogP contribution in [-0.2, 0) is 17.8 Å². The number of hydrogen-bond acceptors (Lipinski definition) is 5. The van der Waals surface area contributed by atoms with Crippen LogP contribution in [0, 0.1) is 0 Å². The van der Waals surface area contributed by atoms with Gasteiger partial charge in [-0.15, -0.1) is 0 Å². The lowest BCUT2D eigenvalue weighted by Gasteiger charge is -2.16. The van der Waals surface area contributed by atoms with E-state index in [0.29, 0.717) is 29.1 Å². The second-order valence-electron chi connectivity index (χ2n) is 6.08. The summed E-state index contributed by atoms with van der Waals surface area (Å²) in [5, 5.41) is 9.19. The van der Waals surface area contributed by atoms with Gasteiger partial charge in [0.25, 0.3) is 11.5 Å². The molecule has 0 radical (unpaired) electrons. The van der Waals surface area contributed by atoms with Gasteiger partial charge < -0.3 is 19.0 Å². The van der Waals surface area contributed by atoms with Gasteiger partial charge in [-0.25, -0.2) is 5.10 Å². The summed E-state index contributed by atoms with van der Waals surface area (Å²) in [7, 11) is 0. The highest BCUT2D eigenvalue weighted by Crippen LogP contribution is 2.22. The third-order valence-corrected chi connectivity index (χ3v) is 4.30. The summed E-state index contributed by atoms with van der Waals surface area (Å²) in [5.41, 5.74) is 0.798. The zero-order chi connectivity index (χ0) is 17.2. The van der Waals surface area contributed by atoms with Gasteiger partial charge in [-0.1, -0.05) is 0 Å². The van der Waals surface area contributed by atoms with Crippen molar-refractivity contribution in [3.63, 3.8) is 0 Å². The summed E-state index contributed by atoms with van der Waals surface area (Å²) in [6.07, 6.45) is 7.08. The minimum Gasteiger partial charge on any atom is -0.467 e. The number of rotatable bonds is 5. The minimum atomic E-state index is -0.311. The van der Waals surface area contributed by atoms with E-state index in [1.165, 1.54) is 0 Å². The molecule has 0 aliphatic carbocycles. The average molecular weight is 342 g/mol. The first-order valence-corrected chi connectivity index (χ1v) is 8.21. The first-order chi connectivity index (χ1) is 12.2. The number of fused-ring (bicyclic) bond motifs is 1. The first kappa shape index (κ1) is 15.6. The van der Waals surface area contributed by atoms with E-state index < -0.39 is 0 Å². The summed E-state index contributed by atoms with van der Waals surface area (Å²) in [6, 6.07) is 3.54. The topological polar surface area (TPSA) is 102 Å². The molecule has 8 nitrogen and oxygen atoms in total. The van der Waals surface area contributed by atoms with Crippen molar-refractivity contribution in [2.75, 3.05) is 6.61 Å². The number of carbonyl (C=O) groups excluding carboxylic acids is 1. The molecule has 0 saturated carbocycles. The average Bonchev–Trinajstić information content (AvgIpc) is 3.36. The fourth-order valence-corrected chi connectivity index (χ4v) is 3.06. The number of nitrogens with zero attached hydrogens (tertiary/aromatic N) is 2. The summed E-state index contributed by atoms with van der Waals surface area (Å²) < 4.78 is 12.7. The SMILES string of the molecule is O=C(NCc1ccco1)c1cn(C[C@H]2CCCO2)cc2c(=O)[nH]nc1-2. The molecule has 4 rings (SSSR count). The molecular weight excluding hydrogens is 324 g/mol. The van der Waals surface area contributed by atoms with Crippen molar-refractivity contribution in [3.05, 3.63) is 52.5 Å². The van der Waals surface area contributed by atoms with Crippen molar-refractivity contribution in [2.45, 2.75) is 32.0 Å². The largest absolute Gasteiger partial charge is 0.467 e. The molecule has 1 amide bonds. The standard InChI is InChI=1S/C17H18N4O4/c22-16(18-7-11-3-1-5-24-11)13-9-21(8-12-4-2-6-25-12)10-14-15(13)19-20-17(14)23/h1,3,5,9-10,12H,2,4,6-8H2,(H,18,22)(H,20,23)/t12-/m1/s1. The van der Waals surface area contributed by atoms with Crippen LogP contribution < -0.4 is 10.9 Å².